The maximum absolute atomic E-state index is 12.0. The molecule has 4 nitrogen and oxygen atoms in total. The van der Waals surface area contributed by atoms with E-state index in [9.17, 15) is 8.78 Å². The van der Waals surface area contributed by atoms with Crippen LogP contribution in [0.15, 0.2) is 24.3 Å². The van der Waals surface area contributed by atoms with Gasteiger partial charge in [0.25, 0.3) is 6.43 Å². The summed E-state index contributed by atoms with van der Waals surface area (Å²) in [6, 6.07) is 7.52. The first kappa shape index (κ1) is 15.2. The van der Waals surface area contributed by atoms with Crippen molar-refractivity contribution in [3.63, 3.8) is 0 Å². The topological polar surface area (TPSA) is 56.5 Å². The van der Waals surface area contributed by atoms with Crippen LogP contribution in [0, 0.1) is 0 Å². The number of nitrogens with one attached hydrogen (secondary N) is 1. The normalized spacial score (nSPS) is 16.4. The lowest BCUT2D eigenvalue weighted by atomic mass is 10.0. The Hall–Kier alpha value is -1.24. The molecule has 0 aliphatic heterocycles. The van der Waals surface area contributed by atoms with Gasteiger partial charge in [0.1, 0.15) is 12.4 Å². The molecule has 0 saturated heterocycles. The first-order valence-electron chi connectivity index (χ1n) is 6.77. The molecule has 0 amide bonds. The van der Waals surface area contributed by atoms with E-state index in [2.05, 4.69) is 5.43 Å². The van der Waals surface area contributed by atoms with Crippen LogP contribution in [0.25, 0.3) is 0 Å². The average Bonchev–Trinajstić information content (AvgIpc) is 3.23. The van der Waals surface area contributed by atoms with Crippen molar-refractivity contribution < 1.29 is 18.3 Å². The van der Waals surface area contributed by atoms with Crippen LogP contribution >= 0.6 is 0 Å². The van der Waals surface area contributed by atoms with Gasteiger partial charge in [0.2, 0.25) is 0 Å². The first-order valence-corrected chi connectivity index (χ1v) is 6.77. The molecule has 1 aliphatic rings. The summed E-state index contributed by atoms with van der Waals surface area (Å²) in [5, 5.41) is 0. The van der Waals surface area contributed by atoms with E-state index in [4.69, 9.17) is 15.3 Å². The fourth-order valence-electron chi connectivity index (χ4n) is 1.90. The van der Waals surface area contributed by atoms with E-state index in [1.54, 1.807) is 0 Å². The molecule has 1 atom stereocenters. The molecule has 0 aromatic heterocycles. The number of halogens is 2. The smallest absolute Gasteiger partial charge is 0.261 e. The van der Waals surface area contributed by atoms with Gasteiger partial charge in [0.05, 0.1) is 6.10 Å². The van der Waals surface area contributed by atoms with Crippen molar-refractivity contribution in [3.8, 4) is 5.75 Å². The largest absolute Gasteiger partial charge is 0.490 e. The van der Waals surface area contributed by atoms with Crippen molar-refractivity contribution in [2.75, 3.05) is 13.2 Å². The van der Waals surface area contributed by atoms with Crippen molar-refractivity contribution in [2.45, 2.75) is 37.8 Å². The van der Waals surface area contributed by atoms with Crippen LogP contribution in [0.3, 0.4) is 0 Å². The van der Waals surface area contributed by atoms with Gasteiger partial charge in [-0.2, -0.15) is 0 Å². The van der Waals surface area contributed by atoms with Crippen LogP contribution in [0.1, 0.15) is 30.9 Å². The van der Waals surface area contributed by atoms with E-state index >= 15 is 0 Å². The molecule has 3 N–H and O–H groups in total. The average molecular weight is 286 g/mol. The molecule has 1 unspecified atom stereocenters. The summed E-state index contributed by atoms with van der Waals surface area (Å²) in [5.41, 5.74) is 3.64. The predicted octanol–water partition coefficient (Wildman–Crippen LogP) is 2.40. The fraction of sp³-hybridized carbons (Fsp3) is 0.571. The highest BCUT2D eigenvalue weighted by atomic mass is 19.3. The number of ether oxygens (including phenoxy) is 2. The molecule has 2 rings (SSSR count). The number of nitrogens with two attached hydrogens (primary N) is 1. The molecule has 1 aromatic rings. The fourth-order valence-corrected chi connectivity index (χ4v) is 1.90. The van der Waals surface area contributed by atoms with Crippen LogP contribution in [-0.2, 0) is 4.74 Å². The van der Waals surface area contributed by atoms with Crippen molar-refractivity contribution in [1.82, 2.24) is 5.43 Å². The molecule has 1 aliphatic carbocycles. The summed E-state index contributed by atoms with van der Waals surface area (Å²) in [6.45, 7) is -0.310. The molecule has 0 radical (unpaired) electrons. The van der Waals surface area contributed by atoms with Gasteiger partial charge in [-0.15, -0.1) is 0 Å². The second-order valence-electron chi connectivity index (χ2n) is 4.86. The van der Waals surface area contributed by atoms with Crippen LogP contribution in [0.5, 0.6) is 5.75 Å². The molecule has 20 heavy (non-hydrogen) atoms. The van der Waals surface area contributed by atoms with E-state index in [0.717, 1.165) is 24.2 Å². The summed E-state index contributed by atoms with van der Waals surface area (Å²) in [6.07, 6.45) is 0.628. The molecule has 1 fully saturated rings. The molecule has 6 heteroatoms. The van der Waals surface area contributed by atoms with E-state index in [1.165, 1.54) is 0 Å². The number of hydrogen-bond donors (Lipinski definition) is 2. The highest BCUT2D eigenvalue weighted by molar-refractivity contribution is 5.31. The molecular formula is C14H20F2N2O2. The van der Waals surface area contributed by atoms with Crippen LogP contribution in [0.4, 0.5) is 8.78 Å². The van der Waals surface area contributed by atoms with Crippen molar-refractivity contribution >= 4 is 0 Å². The second-order valence-corrected chi connectivity index (χ2v) is 4.86. The lowest BCUT2D eigenvalue weighted by Crippen LogP contribution is -2.29. The Morgan fingerprint density at radius 2 is 2.15 bits per heavy atom. The van der Waals surface area contributed by atoms with Crippen molar-refractivity contribution in [3.05, 3.63) is 29.8 Å². The van der Waals surface area contributed by atoms with Gasteiger partial charge in [0.15, 0.2) is 0 Å². The van der Waals surface area contributed by atoms with E-state index in [0.29, 0.717) is 12.5 Å². The summed E-state index contributed by atoms with van der Waals surface area (Å²) >= 11 is 0. The zero-order valence-corrected chi connectivity index (χ0v) is 11.2. The number of alkyl halides is 2. The zero-order chi connectivity index (χ0) is 14.4. The van der Waals surface area contributed by atoms with Gasteiger partial charge in [-0.05, 0) is 37.0 Å². The lowest BCUT2D eigenvalue weighted by Gasteiger charge is -2.17. The highest BCUT2D eigenvalue weighted by Crippen LogP contribution is 2.28. The van der Waals surface area contributed by atoms with Crippen LogP contribution in [-0.4, -0.2) is 25.7 Å². The Kier molecular flexibility index (Phi) is 5.70. The Labute approximate surface area is 117 Å². The quantitative estimate of drug-likeness (QED) is 0.416. The van der Waals surface area contributed by atoms with Gasteiger partial charge >= 0.3 is 0 Å². The number of hydrogen-bond acceptors (Lipinski definition) is 4. The molecule has 112 valence electrons. The summed E-state index contributed by atoms with van der Waals surface area (Å²) in [4.78, 5) is 0. The van der Waals surface area contributed by atoms with Crippen molar-refractivity contribution in [1.29, 1.82) is 0 Å². The SMILES string of the molecule is NNC(CCOCC(F)F)c1cccc(OC2CC2)c1. The molecule has 0 bridgehead atoms. The predicted molar refractivity (Wildman–Crippen MR) is 71.6 cm³/mol. The summed E-state index contributed by atoms with van der Waals surface area (Å²) in [7, 11) is 0. The van der Waals surface area contributed by atoms with Gasteiger partial charge in [-0.1, -0.05) is 12.1 Å². The van der Waals surface area contributed by atoms with Gasteiger partial charge in [-0.3, -0.25) is 11.3 Å². The minimum atomic E-state index is -2.44. The van der Waals surface area contributed by atoms with Gasteiger partial charge in [0, 0.05) is 12.6 Å². The summed E-state index contributed by atoms with van der Waals surface area (Å²) in [5.74, 6) is 6.33. The molecule has 1 aromatic carbocycles. The van der Waals surface area contributed by atoms with Crippen molar-refractivity contribution in [2.24, 2.45) is 5.84 Å². The van der Waals surface area contributed by atoms with Crippen LogP contribution < -0.4 is 16.0 Å². The number of benzene rings is 1. The Morgan fingerprint density at radius 3 is 2.80 bits per heavy atom. The molecular weight excluding hydrogens is 266 g/mol. The monoisotopic (exact) mass is 286 g/mol. The molecule has 1 saturated carbocycles. The van der Waals surface area contributed by atoms with E-state index < -0.39 is 13.0 Å². The lowest BCUT2D eigenvalue weighted by molar-refractivity contribution is 0.0143. The maximum Gasteiger partial charge on any atom is 0.261 e. The first-order chi connectivity index (χ1) is 9.69. The third kappa shape index (κ3) is 5.03. The molecule has 0 heterocycles. The summed E-state index contributed by atoms with van der Waals surface area (Å²) < 4.78 is 34.5. The Balaban J connectivity index is 1.85. The van der Waals surface area contributed by atoms with Gasteiger partial charge in [-0.25, -0.2) is 8.78 Å². The van der Waals surface area contributed by atoms with E-state index in [1.807, 2.05) is 24.3 Å². The molecule has 0 spiro atoms. The minimum Gasteiger partial charge on any atom is -0.490 e. The van der Waals surface area contributed by atoms with E-state index in [-0.39, 0.29) is 12.6 Å². The third-order valence-electron chi connectivity index (χ3n) is 3.08. The zero-order valence-electron chi connectivity index (χ0n) is 11.2. The van der Waals surface area contributed by atoms with Gasteiger partial charge < -0.3 is 9.47 Å². The minimum absolute atomic E-state index is 0.143. The highest BCUT2D eigenvalue weighted by Gasteiger charge is 2.23. The third-order valence-corrected chi connectivity index (χ3v) is 3.08. The standard InChI is InChI=1S/C14H20F2N2O2/c15-14(16)9-19-7-6-13(18-17)10-2-1-3-12(8-10)20-11-4-5-11/h1-3,8,11,13-14,18H,4-7,9,17H2. The Bertz CT molecular complexity index is 414. The Morgan fingerprint density at radius 1 is 1.35 bits per heavy atom. The number of rotatable bonds is 9. The number of hydrazine groups is 1. The second kappa shape index (κ2) is 7.52. The maximum atomic E-state index is 12.0. The van der Waals surface area contributed by atoms with Crippen LogP contribution in [0.2, 0.25) is 0 Å².